The normalized spacial score (nSPS) is 30.9. The second kappa shape index (κ2) is 8.09. The molecule has 3 heterocycles. The fourth-order valence-corrected chi connectivity index (χ4v) is 4.20. The molecule has 10 heteroatoms. The van der Waals surface area contributed by atoms with Gasteiger partial charge in [-0.25, -0.2) is 0 Å². The Kier molecular flexibility index (Phi) is 6.54. The van der Waals surface area contributed by atoms with Crippen LogP contribution in [0.4, 0.5) is 0 Å². The SMILES string of the molecule is Cc1cn(C2OC(CO)(CO)C3OC4(CCCCC4)OC23)c(=O)[n-]c1=O.[K+]. The summed E-state index contributed by atoms with van der Waals surface area (Å²) in [5.74, 6) is -0.782. The molecule has 1 saturated carbocycles. The Bertz CT molecular complexity index is 797. The summed E-state index contributed by atoms with van der Waals surface area (Å²) in [6.45, 7) is 0.584. The Morgan fingerprint density at radius 3 is 2.44 bits per heavy atom. The van der Waals surface area contributed by atoms with Crippen LogP contribution < -0.4 is 67.6 Å². The summed E-state index contributed by atoms with van der Waals surface area (Å²) in [4.78, 5) is 27.4. The van der Waals surface area contributed by atoms with E-state index in [9.17, 15) is 19.8 Å². The summed E-state index contributed by atoms with van der Waals surface area (Å²) >= 11 is 0. The van der Waals surface area contributed by atoms with Gasteiger partial charge in [0.2, 0.25) is 0 Å². The second-order valence-corrected chi connectivity index (χ2v) is 7.40. The van der Waals surface area contributed by atoms with Gasteiger partial charge in [0.15, 0.2) is 17.0 Å². The largest absolute Gasteiger partial charge is 1.00 e. The van der Waals surface area contributed by atoms with Crippen LogP contribution in [0.25, 0.3) is 0 Å². The smallest absolute Gasteiger partial charge is 0.393 e. The molecule has 2 N–H and O–H groups in total. The molecule has 27 heavy (non-hydrogen) atoms. The van der Waals surface area contributed by atoms with E-state index < -0.39 is 54.3 Å². The van der Waals surface area contributed by atoms with E-state index in [1.807, 2.05) is 0 Å². The fraction of sp³-hybridized carbons (Fsp3) is 0.765. The molecular formula is C17H23KN2O7. The van der Waals surface area contributed by atoms with E-state index in [1.54, 1.807) is 6.92 Å². The first kappa shape index (κ1) is 21.8. The third-order valence-corrected chi connectivity index (χ3v) is 5.66. The molecule has 4 rings (SSSR count). The van der Waals surface area contributed by atoms with Crippen LogP contribution >= 0.6 is 0 Å². The van der Waals surface area contributed by atoms with Crippen molar-refractivity contribution in [3.05, 3.63) is 32.6 Å². The second-order valence-electron chi connectivity index (χ2n) is 7.40. The zero-order valence-corrected chi connectivity index (χ0v) is 18.7. The molecule has 1 aliphatic carbocycles. The summed E-state index contributed by atoms with van der Waals surface area (Å²) in [5, 5.41) is 19.8. The van der Waals surface area contributed by atoms with E-state index in [0.717, 1.165) is 19.3 Å². The third kappa shape index (κ3) is 3.58. The number of aromatic nitrogens is 2. The topological polar surface area (TPSA) is 121 Å². The van der Waals surface area contributed by atoms with Crippen LogP contribution in [-0.4, -0.2) is 51.6 Å². The van der Waals surface area contributed by atoms with Gasteiger partial charge in [0.05, 0.1) is 13.2 Å². The van der Waals surface area contributed by atoms with E-state index in [1.165, 1.54) is 10.8 Å². The molecule has 3 unspecified atom stereocenters. The predicted molar refractivity (Wildman–Crippen MR) is 87.6 cm³/mol. The van der Waals surface area contributed by atoms with Crippen molar-refractivity contribution in [1.82, 2.24) is 9.55 Å². The van der Waals surface area contributed by atoms with Crippen molar-refractivity contribution in [2.45, 2.75) is 68.9 Å². The molecule has 2 saturated heterocycles. The van der Waals surface area contributed by atoms with Crippen LogP contribution in [0.5, 0.6) is 0 Å². The van der Waals surface area contributed by atoms with Crippen molar-refractivity contribution in [3.63, 3.8) is 0 Å². The molecule has 3 fully saturated rings. The Hall–Kier alpha value is 0.116. The molecule has 1 aromatic rings. The van der Waals surface area contributed by atoms with Gasteiger partial charge in [-0.15, -0.1) is 0 Å². The number of nitrogens with zero attached hydrogens (tertiary/aromatic N) is 2. The van der Waals surface area contributed by atoms with Crippen molar-refractivity contribution in [2.75, 3.05) is 13.2 Å². The Labute approximate surface area is 198 Å². The number of ether oxygens (including phenoxy) is 3. The van der Waals surface area contributed by atoms with Crippen LogP contribution in [0.2, 0.25) is 0 Å². The van der Waals surface area contributed by atoms with Crippen LogP contribution in [0.1, 0.15) is 43.9 Å². The summed E-state index contributed by atoms with van der Waals surface area (Å²) in [6, 6.07) is 0. The van der Waals surface area contributed by atoms with Gasteiger partial charge in [0.25, 0.3) is 0 Å². The standard InChI is InChI=1S/C17H24N2O7.K/c1-10-7-19(15(23)18-13(10)22)14-11-12(16(8-20,9-21)26-14)25-17(24-11)5-3-2-4-6-17;/h7,11-12,14,20-21H,2-6,8-9H2,1H3,(H,18,22,23);/q;+1/p-1. The Morgan fingerprint density at radius 2 is 1.81 bits per heavy atom. The summed E-state index contributed by atoms with van der Waals surface area (Å²) in [5.41, 5.74) is -2.45. The van der Waals surface area contributed by atoms with Crippen molar-refractivity contribution in [2.24, 2.45) is 0 Å². The van der Waals surface area contributed by atoms with Gasteiger partial charge in [-0.2, -0.15) is 0 Å². The van der Waals surface area contributed by atoms with Crippen molar-refractivity contribution < 1.29 is 75.8 Å². The molecule has 2 aliphatic heterocycles. The molecule has 0 radical (unpaired) electrons. The number of rotatable bonds is 3. The number of hydrogen-bond donors (Lipinski definition) is 2. The van der Waals surface area contributed by atoms with E-state index in [-0.39, 0.29) is 51.4 Å². The molecule has 9 nitrogen and oxygen atoms in total. The van der Waals surface area contributed by atoms with Gasteiger partial charge < -0.3 is 34.0 Å². The molecule has 0 amide bonds. The monoisotopic (exact) mass is 406 g/mol. The number of aryl methyl sites for hydroxylation is 1. The van der Waals surface area contributed by atoms with E-state index in [0.29, 0.717) is 18.4 Å². The minimum Gasteiger partial charge on any atom is -0.393 e. The number of aliphatic hydroxyl groups is 2. The quantitative estimate of drug-likeness (QED) is 0.490. The van der Waals surface area contributed by atoms with Gasteiger partial charge >= 0.3 is 51.4 Å². The maximum absolute atomic E-state index is 12.3. The van der Waals surface area contributed by atoms with Gasteiger partial charge in [-0.1, -0.05) is 12.6 Å². The molecular weight excluding hydrogens is 383 g/mol. The van der Waals surface area contributed by atoms with E-state index >= 15 is 0 Å². The first-order valence-electron chi connectivity index (χ1n) is 8.96. The van der Waals surface area contributed by atoms with Crippen LogP contribution in [-0.2, 0) is 14.2 Å². The van der Waals surface area contributed by atoms with Gasteiger partial charge in [-0.3, -0.25) is 9.59 Å². The molecule has 0 aromatic carbocycles. The van der Waals surface area contributed by atoms with Crippen LogP contribution in [0.3, 0.4) is 0 Å². The minimum atomic E-state index is -1.39. The molecule has 144 valence electrons. The number of hydrogen-bond acceptors (Lipinski definition) is 7. The van der Waals surface area contributed by atoms with Crippen LogP contribution in [0.15, 0.2) is 15.8 Å². The summed E-state index contributed by atoms with van der Waals surface area (Å²) in [7, 11) is 0. The molecule has 3 atom stereocenters. The van der Waals surface area contributed by atoms with Gasteiger partial charge in [0.1, 0.15) is 24.0 Å². The number of aliphatic hydroxyl groups excluding tert-OH is 2. The van der Waals surface area contributed by atoms with E-state index in [2.05, 4.69) is 4.98 Å². The zero-order chi connectivity index (χ0) is 18.5. The average Bonchev–Trinajstić information content (AvgIpc) is 3.13. The van der Waals surface area contributed by atoms with Crippen molar-refractivity contribution in [3.8, 4) is 0 Å². The first-order chi connectivity index (χ1) is 12.4. The fourth-order valence-electron chi connectivity index (χ4n) is 4.20. The summed E-state index contributed by atoms with van der Waals surface area (Å²) in [6.07, 6.45) is 3.46. The maximum Gasteiger partial charge on any atom is 1.00 e. The zero-order valence-electron chi connectivity index (χ0n) is 15.6. The molecule has 1 aromatic heterocycles. The maximum atomic E-state index is 12.3. The Balaban J connectivity index is 0.00000210. The van der Waals surface area contributed by atoms with Gasteiger partial charge in [-0.05, 0) is 25.3 Å². The first-order valence-corrected chi connectivity index (χ1v) is 8.96. The number of fused-ring (bicyclic) bond motifs is 1. The molecule has 3 aliphatic rings. The van der Waals surface area contributed by atoms with Crippen LogP contribution in [0, 0.1) is 6.92 Å². The summed E-state index contributed by atoms with van der Waals surface area (Å²) < 4.78 is 19.5. The Morgan fingerprint density at radius 1 is 1.15 bits per heavy atom. The molecule has 0 bridgehead atoms. The predicted octanol–water partition coefficient (Wildman–Crippen LogP) is -3.83. The van der Waals surface area contributed by atoms with Gasteiger partial charge in [0, 0.05) is 12.8 Å². The van der Waals surface area contributed by atoms with E-state index in [4.69, 9.17) is 14.2 Å². The minimum absolute atomic E-state index is 0. The van der Waals surface area contributed by atoms with Crippen molar-refractivity contribution >= 4 is 0 Å². The third-order valence-electron chi connectivity index (χ3n) is 5.66. The van der Waals surface area contributed by atoms with Crippen molar-refractivity contribution in [1.29, 1.82) is 0 Å². The average molecular weight is 406 g/mol. The molecule has 1 spiro atoms.